The topological polar surface area (TPSA) is 52.9 Å². The average molecular weight is 187 g/mol. The largest absolute Gasteiger partial charge is 0.393 e. The summed E-state index contributed by atoms with van der Waals surface area (Å²) in [6, 6.07) is 0.160. The summed E-state index contributed by atoms with van der Waals surface area (Å²) in [5.41, 5.74) is 0. The molecule has 0 radical (unpaired) electrons. The van der Waals surface area contributed by atoms with Crippen LogP contribution in [0.5, 0.6) is 0 Å². The summed E-state index contributed by atoms with van der Waals surface area (Å²) in [5.74, 6) is 0. The molecule has 2 N–H and O–H groups in total. The second-order valence-electron chi connectivity index (χ2n) is 3.94. The summed E-state index contributed by atoms with van der Waals surface area (Å²) in [6.45, 7) is 2.86. The van der Waals surface area contributed by atoms with E-state index in [9.17, 15) is 10.2 Å². The molecule has 0 aromatic rings. The average Bonchev–Trinajstić information content (AvgIpc) is 2.53. The zero-order valence-corrected chi connectivity index (χ0v) is 7.72. The van der Waals surface area contributed by atoms with E-state index < -0.39 is 0 Å². The van der Waals surface area contributed by atoms with E-state index >= 15 is 0 Å². The van der Waals surface area contributed by atoms with Gasteiger partial charge in [-0.3, -0.25) is 4.90 Å². The van der Waals surface area contributed by atoms with Gasteiger partial charge in [0.05, 0.1) is 31.5 Å². The summed E-state index contributed by atoms with van der Waals surface area (Å²) >= 11 is 0. The van der Waals surface area contributed by atoms with Crippen LogP contribution in [0.2, 0.25) is 0 Å². The quantitative estimate of drug-likeness (QED) is 0.564. The number of aliphatic hydroxyl groups excluding tert-OH is 2. The van der Waals surface area contributed by atoms with Gasteiger partial charge in [-0.1, -0.05) is 0 Å². The van der Waals surface area contributed by atoms with Gasteiger partial charge in [0.15, 0.2) is 0 Å². The van der Waals surface area contributed by atoms with E-state index in [1.807, 2.05) is 0 Å². The Morgan fingerprint density at radius 1 is 1.08 bits per heavy atom. The van der Waals surface area contributed by atoms with Gasteiger partial charge in [-0.25, -0.2) is 0 Å². The third-order valence-corrected chi connectivity index (χ3v) is 2.99. The van der Waals surface area contributed by atoms with Gasteiger partial charge in [0.2, 0.25) is 0 Å². The monoisotopic (exact) mass is 187 g/mol. The van der Waals surface area contributed by atoms with E-state index in [4.69, 9.17) is 4.74 Å². The normalized spacial score (nSPS) is 38.3. The maximum atomic E-state index is 9.58. The minimum atomic E-state index is -0.338. The van der Waals surface area contributed by atoms with E-state index in [1.54, 1.807) is 0 Å². The molecule has 0 saturated carbocycles. The smallest absolute Gasteiger partial charge is 0.0950 e. The predicted molar refractivity (Wildman–Crippen MR) is 47.4 cm³/mol. The Kier molecular flexibility index (Phi) is 2.83. The van der Waals surface area contributed by atoms with Crippen molar-refractivity contribution in [3.8, 4) is 0 Å². The molecule has 2 heterocycles. The Morgan fingerprint density at radius 3 is 2.31 bits per heavy atom. The van der Waals surface area contributed by atoms with Gasteiger partial charge >= 0.3 is 0 Å². The molecule has 76 valence electrons. The molecule has 2 fully saturated rings. The van der Waals surface area contributed by atoms with E-state index in [1.165, 1.54) is 0 Å². The number of aliphatic hydroxyl groups is 2. The number of nitrogens with zero attached hydrogens (tertiary/aromatic N) is 1. The van der Waals surface area contributed by atoms with E-state index in [2.05, 4.69) is 4.90 Å². The fourth-order valence-corrected chi connectivity index (χ4v) is 2.10. The van der Waals surface area contributed by atoms with Crippen molar-refractivity contribution < 1.29 is 14.9 Å². The molecule has 0 spiro atoms. The SMILES string of the molecule is OC1CCN([C@@H]2COC[C@H]2O)CC1. The molecule has 0 bridgehead atoms. The standard InChI is InChI=1S/C9H17NO3/c11-7-1-3-10(4-2-7)8-5-13-6-9(8)12/h7-9,11-12H,1-6H2/t8-,9-/m1/s1. The lowest BCUT2D eigenvalue weighted by molar-refractivity contribution is 0.0279. The van der Waals surface area contributed by atoms with Gasteiger partial charge in [0.25, 0.3) is 0 Å². The molecule has 2 rings (SSSR count). The highest BCUT2D eigenvalue weighted by molar-refractivity contribution is 4.86. The lowest BCUT2D eigenvalue weighted by atomic mass is 10.0. The minimum absolute atomic E-state index is 0.143. The fourth-order valence-electron chi connectivity index (χ4n) is 2.10. The highest BCUT2D eigenvalue weighted by Gasteiger charge is 2.33. The van der Waals surface area contributed by atoms with Crippen molar-refractivity contribution in [2.75, 3.05) is 26.3 Å². The van der Waals surface area contributed by atoms with Gasteiger partial charge in [0, 0.05) is 13.1 Å². The maximum Gasteiger partial charge on any atom is 0.0950 e. The molecule has 0 aliphatic carbocycles. The van der Waals surface area contributed by atoms with Crippen molar-refractivity contribution in [3.63, 3.8) is 0 Å². The van der Waals surface area contributed by atoms with Gasteiger partial charge in [-0.15, -0.1) is 0 Å². The summed E-state index contributed by atoms with van der Waals surface area (Å²) < 4.78 is 5.20. The Labute approximate surface area is 78.1 Å². The zero-order chi connectivity index (χ0) is 9.26. The second-order valence-corrected chi connectivity index (χ2v) is 3.94. The molecule has 0 aromatic heterocycles. The lowest BCUT2D eigenvalue weighted by Crippen LogP contribution is -2.47. The molecule has 2 aliphatic heterocycles. The van der Waals surface area contributed by atoms with Crippen molar-refractivity contribution in [3.05, 3.63) is 0 Å². The number of ether oxygens (including phenoxy) is 1. The van der Waals surface area contributed by atoms with E-state index in [-0.39, 0.29) is 18.2 Å². The van der Waals surface area contributed by atoms with Crippen LogP contribution >= 0.6 is 0 Å². The molecule has 0 unspecified atom stereocenters. The number of hydrogen-bond acceptors (Lipinski definition) is 4. The van der Waals surface area contributed by atoms with Crippen molar-refractivity contribution in [2.45, 2.75) is 31.1 Å². The van der Waals surface area contributed by atoms with Crippen molar-refractivity contribution in [1.29, 1.82) is 0 Å². The van der Waals surface area contributed by atoms with Crippen LogP contribution in [0.15, 0.2) is 0 Å². The Hall–Kier alpha value is -0.160. The first-order valence-corrected chi connectivity index (χ1v) is 4.95. The number of piperidine rings is 1. The van der Waals surface area contributed by atoms with E-state index in [0.717, 1.165) is 25.9 Å². The summed E-state index contributed by atoms with van der Waals surface area (Å²) in [6.07, 6.45) is 1.16. The molecule has 0 aromatic carbocycles. The Morgan fingerprint density at radius 2 is 1.77 bits per heavy atom. The summed E-state index contributed by atoms with van der Waals surface area (Å²) in [7, 11) is 0. The first kappa shape index (κ1) is 9.40. The van der Waals surface area contributed by atoms with Crippen LogP contribution in [-0.4, -0.2) is 59.7 Å². The zero-order valence-electron chi connectivity index (χ0n) is 7.72. The Balaban J connectivity index is 1.86. The summed E-state index contributed by atoms with van der Waals surface area (Å²) in [5, 5.41) is 18.9. The molecule has 0 amide bonds. The maximum absolute atomic E-state index is 9.58. The van der Waals surface area contributed by atoms with Crippen LogP contribution in [0.4, 0.5) is 0 Å². The van der Waals surface area contributed by atoms with Crippen molar-refractivity contribution in [2.24, 2.45) is 0 Å². The van der Waals surface area contributed by atoms with E-state index in [0.29, 0.717) is 13.2 Å². The third-order valence-electron chi connectivity index (χ3n) is 2.99. The number of likely N-dealkylation sites (tertiary alicyclic amines) is 1. The number of rotatable bonds is 1. The fraction of sp³-hybridized carbons (Fsp3) is 1.00. The van der Waals surface area contributed by atoms with Gasteiger partial charge in [-0.2, -0.15) is 0 Å². The van der Waals surface area contributed by atoms with Gasteiger partial charge in [-0.05, 0) is 12.8 Å². The molecule has 4 heteroatoms. The van der Waals surface area contributed by atoms with Crippen LogP contribution in [0.3, 0.4) is 0 Å². The van der Waals surface area contributed by atoms with Gasteiger partial charge < -0.3 is 14.9 Å². The molecule has 2 saturated heterocycles. The molecular weight excluding hydrogens is 170 g/mol. The first-order chi connectivity index (χ1) is 6.27. The van der Waals surface area contributed by atoms with Crippen LogP contribution in [0, 0.1) is 0 Å². The predicted octanol–water partition coefficient (Wildman–Crippen LogP) is -0.797. The second kappa shape index (κ2) is 3.92. The van der Waals surface area contributed by atoms with Crippen molar-refractivity contribution in [1.82, 2.24) is 4.90 Å². The van der Waals surface area contributed by atoms with Crippen molar-refractivity contribution >= 4 is 0 Å². The molecule has 2 aliphatic rings. The Bertz CT molecular complexity index is 168. The van der Waals surface area contributed by atoms with Crippen LogP contribution in [0.25, 0.3) is 0 Å². The van der Waals surface area contributed by atoms with Crippen LogP contribution in [0.1, 0.15) is 12.8 Å². The highest BCUT2D eigenvalue weighted by atomic mass is 16.5. The molecule has 2 atom stereocenters. The van der Waals surface area contributed by atoms with Crippen LogP contribution in [-0.2, 0) is 4.74 Å². The summed E-state index contributed by atoms with van der Waals surface area (Å²) in [4.78, 5) is 2.23. The lowest BCUT2D eigenvalue weighted by Gasteiger charge is -2.34. The van der Waals surface area contributed by atoms with Crippen LogP contribution < -0.4 is 0 Å². The highest BCUT2D eigenvalue weighted by Crippen LogP contribution is 2.18. The third kappa shape index (κ3) is 2.02. The molecule has 4 nitrogen and oxygen atoms in total. The number of hydrogen-bond donors (Lipinski definition) is 2. The molecule has 13 heavy (non-hydrogen) atoms. The first-order valence-electron chi connectivity index (χ1n) is 4.95. The molecular formula is C9H17NO3. The van der Waals surface area contributed by atoms with Gasteiger partial charge in [0.1, 0.15) is 0 Å². The minimum Gasteiger partial charge on any atom is -0.393 e.